The van der Waals surface area contributed by atoms with E-state index >= 15 is 0 Å². The fourth-order valence-corrected chi connectivity index (χ4v) is 4.25. The number of nitrogens with one attached hydrogen (secondary N) is 1. The summed E-state index contributed by atoms with van der Waals surface area (Å²) in [5, 5.41) is 10.2. The summed E-state index contributed by atoms with van der Waals surface area (Å²) in [6, 6.07) is 11.9. The van der Waals surface area contributed by atoms with Gasteiger partial charge < -0.3 is 9.52 Å². The van der Waals surface area contributed by atoms with Crippen LogP contribution >= 0.6 is 11.3 Å². The lowest BCUT2D eigenvalue weighted by Crippen LogP contribution is -2.23. The van der Waals surface area contributed by atoms with E-state index in [4.69, 9.17) is 4.42 Å². The maximum Gasteiger partial charge on any atom is 0.243 e. The topological polar surface area (TPSA) is 79.5 Å². The van der Waals surface area contributed by atoms with Crippen LogP contribution in [0.1, 0.15) is 21.6 Å². The van der Waals surface area contributed by atoms with Gasteiger partial charge in [-0.05, 0) is 36.4 Å². The third-order valence-electron chi connectivity index (χ3n) is 3.33. The molecule has 2 aromatic heterocycles. The van der Waals surface area contributed by atoms with Gasteiger partial charge in [0.2, 0.25) is 10.0 Å². The Morgan fingerprint density at radius 3 is 2.67 bits per heavy atom. The lowest BCUT2D eigenvalue weighted by molar-refractivity contribution is 0.193. The second kappa shape index (κ2) is 6.86. The summed E-state index contributed by atoms with van der Waals surface area (Å²) in [7, 11) is -3.94. The third-order valence-corrected chi connectivity index (χ3v) is 5.90. The summed E-state index contributed by atoms with van der Waals surface area (Å²) in [4.78, 5) is 0.929. The van der Waals surface area contributed by atoms with Gasteiger partial charge in [0, 0.05) is 16.3 Å². The monoisotopic (exact) mass is 367 g/mol. The molecule has 2 N–H and O–H groups in total. The molecule has 1 atom stereocenters. The average Bonchev–Trinajstić information content (AvgIpc) is 3.24. The van der Waals surface area contributed by atoms with Crippen LogP contribution in [0, 0.1) is 5.82 Å². The molecular weight excluding hydrogens is 353 g/mol. The van der Waals surface area contributed by atoms with Crippen LogP contribution in [0.15, 0.2) is 64.1 Å². The van der Waals surface area contributed by atoms with E-state index in [0.717, 1.165) is 6.07 Å². The van der Waals surface area contributed by atoms with Crippen molar-refractivity contribution in [2.24, 2.45) is 0 Å². The van der Waals surface area contributed by atoms with Crippen molar-refractivity contribution in [3.63, 3.8) is 0 Å². The summed E-state index contributed by atoms with van der Waals surface area (Å²) < 4.78 is 45.4. The molecule has 2 heterocycles. The standard InChI is InChI=1S/C16H14FNO4S2/c17-12-4-1-2-6-15(12)24(20,21)18-10-11-7-8-14(23-11)16(19)13-5-3-9-22-13/h1-9,16,18-19H,10H2. The number of hydrogen-bond acceptors (Lipinski definition) is 5. The van der Waals surface area contributed by atoms with Crippen LogP contribution in [-0.4, -0.2) is 13.5 Å². The van der Waals surface area contributed by atoms with Crippen molar-refractivity contribution in [3.8, 4) is 0 Å². The van der Waals surface area contributed by atoms with Crippen molar-refractivity contribution in [1.82, 2.24) is 4.72 Å². The molecule has 5 nitrogen and oxygen atoms in total. The van der Waals surface area contributed by atoms with E-state index in [0.29, 0.717) is 15.5 Å². The van der Waals surface area contributed by atoms with Gasteiger partial charge in [0.05, 0.1) is 6.26 Å². The Bertz CT molecular complexity index is 919. The van der Waals surface area contributed by atoms with Crippen LogP contribution in [0.3, 0.4) is 0 Å². The summed E-state index contributed by atoms with van der Waals surface area (Å²) >= 11 is 1.25. The molecule has 126 valence electrons. The second-order valence-corrected chi connectivity index (χ2v) is 7.91. The van der Waals surface area contributed by atoms with Crippen molar-refractivity contribution in [2.75, 3.05) is 0 Å². The number of hydrogen-bond donors (Lipinski definition) is 2. The van der Waals surface area contributed by atoms with E-state index in [9.17, 15) is 17.9 Å². The molecule has 0 fully saturated rings. The highest BCUT2D eigenvalue weighted by Gasteiger charge is 2.19. The quantitative estimate of drug-likeness (QED) is 0.702. The molecule has 0 amide bonds. The SMILES string of the molecule is O=S(=O)(NCc1ccc(C(O)c2ccco2)s1)c1ccccc1F. The van der Waals surface area contributed by atoms with Gasteiger partial charge >= 0.3 is 0 Å². The molecule has 1 unspecified atom stereocenters. The van der Waals surface area contributed by atoms with Crippen LogP contribution in [0.25, 0.3) is 0 Å². The van der Waals surface area contributed by atoms with Crippen LogP contribution in [0.5, 0.6) is 0 Å². The fraction of sp³-hybridized carbons (Fsp3) is 0.125. The third kappa shape index (κ3) is 3.57. The highest BCUT2D eigenvalue weighted by molar-refractivity contribution is 7.89. The number of thiophene rings is 1. The van der Waals surface area contributed by atoms with E-state index in [-0.39, 0.29) is 6.54 Å². The predicted octanol–water partition coefficient (Wildman–Crippen LogP) is 3.04. The van der Waals surface area contributed by atoms with Gasteiger partial charge in [-0.3, -0.25) is 0 Å². The number of rotatable bonds is 6. The maximum absolute atomic E-state index is 13.6. The number of aliphatic hydroxyl groups excluding tert-OH is 1. The van der Waals surface area contributed by atoms with Gasteiger partial charge in [-0.1, -0.05) is 12.1 Å². The van der Waals surface area contributed by atoms with Crippen molar-refractivity contribution >= 4 is 21.4 Å². The minimum absolute atomic E-state index is 0.00616. The molecule has 1 aromatic carbocycles. The Kier molecular flexibility index (Phi) is 4.81. The van der Waals surface area contributed by atoms with Crippen molar-refractivity contribution in [3.05, 3.63) is 76.1 Å². The first-order valence-electron chi connectivity index (χ1n) is 7.01. The number of aliphatic hydroxyl groups is 1. The first-order valence-corrected chi connectivity index (χ1v) is 9.31. The van der Waals surface area contributed by atoms with Gasteiger partial charge in [0.15, 0.2) is 0 Å². The van der Waals surface area contributed by atoms with Crippen LogP contribution in [0.2, 0.25) is 0 Å². The minimum Gasteiger partial charge on any atom is -0.466 e. The highest BCUT2D eigenvalue weighted by Crippen LogP contribution is 2.29. The van der Waals surface area contributed by atoms with Crippen LogP contribution < -0.4 is 4.72 Å². The van der Waals surface area contributed by atoms with Gasteiger partial charge in [-0.2, -0.15) is 0 Å². The van der Waals surface area contributed by atoms with Crippen molar-refractivity contribution < 1.29 is 22.3 Å². The first kappa shape index (κ1) is 16.8. The Hall–Kier alpha value is -2.00. The number of benzene rings is 1. The van der Waals surface area contributed by atoms with Crippen molar-refractivity contribution in [1.29, 1.82) is 0 Å². The lowest BCUT2D eigenvalue weighted by Gasteiger charge is -2.06. The molecule has 0 bridgehead atoms. The normalized spacial score (nSPS) is 13.1. The highest BCUT2D eigenvalue weighted by atomic mass is 32.2. The van der Waals surface area contributed by atoms with Crippen LogP contribution in [0.4, 0.5) is 4.39 Å². The van der Waals surface area contributed by atoms with Gasteiger partial charge in [-0.25, -0.2) is 17.5 Å². The molecule has 0 aliphatic rings. The Morgan fingerprint density at radius 1 is 1.17 bits per heavy atom. The largest absolute Gasteiger partial charge is 0.466 e. The molecule has 0 aliphatic carbocycles. The number of furan rings is 1. The van der Waals surface area contributed by atoms with Crippen LogP contribution in [-0.2, 0) is 16.6 Å². The van der Waals surface area contributed by atoms with E-state index in [1.54, 1.807) is 24.3 Å². The zero-order chi connectivity index (χ0) is 17.2. The number of halogens is 1. The lowest BCUT2D eigenvalue weighted by atomic mass is 10.2. The molecule has 3 aromatic rings. The zero-order valence-electron chi connectivity index (χ0n) is 12.3. The molecule has 0 aliphatic heterocycles. The fourth-order valence-electron chi connectivity index (χ4n) is 2.13. The first-order chi connectivity index (χ1) is 11.5. The average molecular weight is 367 g/mol. The van der Waals surface area contributed by atoms with E-state index < -0.39 is 26.8 Å². The van der Waals surface area contributed by atoms with Gasteiger partial charge in [0.1, 0.15) is 22.6 Å². The maximum atomic E-state index is 13.6. The van der Waals surface area contributed by atoms with Gasteiger partial charge in [0.25, 0.3) is 0 Å². The molecule has 24 heavy (non-hydrogen) atoms. The van der Waals surface area contributed by atoms with E-state index in [1.165, 1.54) is 35.8 Å². The van der Waals surface area contributed by atoms with Crippen molar-refractivity contribution in [2.45, 2.75) is 17.5 Å². The molecule has 0 spiro atoms. The molecule has 0 saturated heterocycles. The Labute approximate surface area is 142 Å². The minimum atomic E-state index is -3.94. The summed E-state index contributed by atoms with van der Waals surface area (Å²) in [5.41, 5.74) is 0. The summed E-state index contributed by atoms with van der Waals surface area (Å²) in [5.74, 6) is -0.388. The van der Waals surface area contributed by atoms with Gasteiger partial charge in [-0.15, -0.1) is 11.3 Å². The molecular formula is C16H14FNO4S2. The zero-order valence-corrected chi connectivity index (χ0v) is 14.0. The van der Waals surface area contributed by atoms with E-state index in [1.807, 2.05) is 0 Å². The predicted molar refractivity (Wildman–Crippen MR) is 87.5 cm³/mol. The number of sulfonamides is 1. The molecule has 0 saturated carbocycles. The van der Waals surface area contributed by atoms with E-state index in [2.05, 4.69) is 4.72 Å². The smallest absolute Gasteiger partial charge is 0.243 e. The summed E-state index contributed by atoms with van der Waals surface area (Å²) in [6.45, 7) is 0.00616. The Balaban J connectivity index is 1.71. The second-order valence-electron chi connectivity index (χ2n) is 4.98. The molecule has 3 rings (SSSR count). The summed E-state index contributed by atoms with van der Waals surface area (Å²) in [6.07, 6.45) is 0.567. The molecule has 0 radical (unpaired) electrons. The Morgan fingerprint density at radius 2 is 1.96 bits per heavy atom. The molecule has 8 heteroatoms.